The van der Waals surface area contributed by atoms with E-state index in [1.165, 1.54) is 0 Å². The second-order valence-electron chi connectivity index (χ2n) is 4.62. The lowest BCUT2D eigenvalue weighted by molar-refractivity contribution is -0.144. The maximum atomic E-state index is 12.2. The minimum Gasteiger partial charge on any atom is -0.480 e. The summed E-state index contributed by atoms with van der Waals surface area (Å²) in [5.41, 5.74) is -0.894. The second-order valence-corrected chi connectivity index (χ2v) is 4.62. The van der Waals surface area contributed by atoms with Crippen molar-refractivity contribution in [1.82, 2.24) is 5.32 Å². The molecule has 1 aromatic carbocycles. The molecule has 1 heterocycles. The SMILES string of the molecule is CCC(CC)(NC(=O)c1ccc2c(c1)OCO2)C(=O)O. The van der Waals surface area contributed by atoms with Gasteiger partial charge in [0.25, 0.3) is 5.91 Å². The highest BCUT2D eigenvalue weighted by molar-refractivity contribution is 5.98. The van der Waals surface area contributed by atoms with Gasteiger partial charge in [-0.05, 0) is 31.0 Å². The molecule has 6 nitrogen and oxygen atoms in total. The van der Waals surface area contributed by atoms with Crippen LogP contribution in [0.25, 0.3) is 0 Å². The van der Waals surface area contributed by atoms with Gasteiger partial charge in [0.15, 0.2) is 11.5 Å². The van der Waals surface area contributed by atoms with Gasteiger partial charge in [0, 0.05) is 5.56 Å². The van der Waals surface area contributed by atoms with Gasteiger partial charge in [-0.15, -0.1) is 0 Å². The Labute approximate surface area is 116 Å². The Bertz CT molecular complexity index is 536. The highest BCUT2D eigenvalue weighted by Crippen LogP contribution is 2.32. The van der Waals surface area contributed by atoms with Gasteiger partial charge in [0.1, 0.15) is 5.54 Å². The van der Waals surface area contributed by atoms with Gasteiger partial charge in [0.05, 0.1) is 0 Å². The number of hydrogen-bond donors (Lipinski definition) is 2. The van der Waals surface area contributed by atoms with Crippen molar-refractivity contribution >= 4 is 11.9 Å². The number of amides is 1. The minimum absolute atomic E-state index is 0.128. The molecule has 1 aliphatic heterocycles. The van der Waals surface area contributed by atoms with Crippen molar-refractivity contribution in [2.24, 2.45) is 0 Å². The van der Waals surface area contributed by atoms with E-state index in [0.717, 1.165) is 0 Å². The zero-order chi connectivity index (χ0) is 14.8. The molecule has 0 radical (unpaired) electrons. The average Bonchev–Trinajstić information content (AvgIpc) is 2.91. The Kier molecular flexibility index (Phi) is 3.83. The van der Waals surface area contributed by atoms with E-state index in [1.807, 2.05) is 0 Å². The molecule has 2 N–H and O–H groups in total. The molecule has 0 unspecified atom stereocenters. The monoisotopic (exact) mass is 279 g/mol. The first-order chi connectivity index (χ1) is 9.52. The number of fused-ring (bicyclic) bond motifs is 1. The number of benzene rings is 1. The fourth-order valence-electron chi connectivity index (χ4n) is 2.11. The molecule has 108 valence electrons. The zero-order valence-electron chi connectivity index (χ0n) is 11.4. The predicted octanol–water partition coefficient (Wildman–Crippen LogP) is 1.79. The molecule has 0 bridgehead atoms. The maximum Gasteiger partial charge on any atom is 0.329 e. The molecular formula is C14H17NO5. The summed E-state index contributed by atoms with van der Waals surface area (Å²) in [5, 5.41) is 11.9. The number of ether oxygens (including phenoxy) is 2. The molecule has 0 atom stereocenters. The highest BCUT2D eigenvalue weighted by Gasteiger charge is 2.36. The summed E-state index contributed by atoms with van der Waals surface area (Å²) < 4.78 is 10.4. The van der Waals surface area contributed by atoms with Crippen molar-refractivity contribution in [2.45, 2.75) is 32.2 Å². The van der Waals surface area contributed by atoms with Crippen molar-refractivity contribution in [3.63, 3.8) is 0 Å². The first-order valence-electron chi connectivity index (χ1n) is 6.48. The third kappa shape index (κ3) is 2.41. The number of carboxylic acid groups (broad SMARTS) is 1. The summed E-state index contributed by atoms with van der Waals surface area (Å²) >= 11 is 0. The highest BCUT2D eigenvalue weighted by atomic mass is 16.7. The van der Waals surface area contributed by atoms with Crippen LogP contribution < -0.4 is 14.8 Å². The van der Waals surface area contributed by atoms with Gasteiger partial charge in [-0.3, -0.25) is 4.79 Å². The Morgan fingerprint density at radius 1 is 1.25 bits per heavy atom. The van der Waals surface area contributed by atoms with Gasteiger partial charge in [0.2, 0.25) is 6.79 Å². The van der Waals surface area contributed by atoms with E-state index in [0.29, 0.717) is 29.9 Å². The maximum absolute atomic E-state index is 12.2. The van der Waals surface area contributed by atoms with E-state index < -0.39 is 17.4 Å². The van der Waals surface area contributed by atoms with E-state index in [2.05, 4.69) is 5.32 Å². The average molecular weight is 279 g/mol. The molecule has 1 aliphatic rings. The first kappa shape index (κ1) is 14.2. The van der Waals surface area contributed by atoms with Crippen LogP contribution >= 0.6 is 0 Å². The number of aliphatic carboxylic acids is 1. The van der Waals surface area contributed by atoms with E-state index >= 15 is 0 Å². The lowest BCUT2D eigenvalue weighted by Crippen LogP contribution is -2.53. The van der Waals surface area contributed by atoms with Crippen molar-refractivity contribution < 1.29 is 24.2 Å². The number of carbonyl (C=O) groups excluding carboxylic acids is 1. The molecule has 0 saturated heterocycles. The molecule has 0 spiro atoms. The van der Waals surface area contributed by atoms with Crippen LogP contribution in [0.5, 0.6) is 11.5 Å². The van der Waals surface area contributed by atoms with Gasteiger partial charge in [-0.1, -0.05) is 13.8 Å². The largest absolute Gasteiger partial charge is 0.480 e. The second kappa shape index (κ2) is 5.40. The summed E-state index contributed by atoms with van der Waals surface area (Å²) in [6.07, 6.45) is 0.629. The van der Waals surface area contributed by atoms with Gasteiger partial charge >= 0.3 is 5.97 Å². The number of hydrogen-bond acceptors (Lipinski definition) is 4. The van der Waals surface area contributed by atoms with Gasteiger partial charge in [-0.25, -0.2) is 4.79 Å². The first-order valence-corrected chi connectivity index (χ1v) is 6.48. The molecule has 0 aromatic heterocycles. The van der Waals surface area contributed by atoms with Crippen LogP contribution in [0.2, 0.25) is 0 Å². The summed E-state index contributed by atoms with van der Waals surface area (Å²) in [7, 11) is 0. The van der Waals surface area contributed by atoms with Crippen LogP contribution in [-0.4, -0.2) is 29.3 Å². The van der Waals surface area contributed by atoms with E-state index in [4.69, 9.17) is 9.47 Å². The van der Waals surface area contributed by atoms with E-state index in [-0.39, 0.29) is 6.79 Å². The fourth-order valence-corrected chi connectivity index (χ4v) is 2.11. The lowest BCUT2D eigenvalue weighted by Gasteiger charge is -2.28. The van der Waals surface area contributed by atoms with Crippen molar-refractivity contribution in [1.29, 1.82) is 0 Å². The predicted molar refractivity (Wildman–Crippen MR) is 71.0 cm³/mol. The van der Waals surface area contributed by atoms with Crippen LogP contribution in [0, 0.1) is 0 Å². The van der Waals surface area contributed by atoms with Crippen LogP contribution in [0.4, 0.5) is 0 Å². The van der Waals surface area contributed by atoms with Crippen LogP contribution in [0.15, 0.2) is 18.2 Å². The normalized spacial score (nSPS) is 13.1. The molecule has 2 rings (SSSR count). The van der Waals surface area contributed by atoms with Gasteiger partial charge in [-0.2, -0.15) is 0 Å². The molecule has 6 heteroatoms. The topological polar surface area (TPSA) is 84.9 Å². The molecule has 0 fully saturated rings. The summed E-state index contributed by atoms with van der Waals surface area (Å²) in [4.78, 5) is 23.6. The van der Waals surface area contributed by atoms with Gasteiger partial charge < -0.3 is 19.9 Å². The Hall–Kier alpha value is -2.24. The number of nitrogens with one attached hydrogen (secondary N) is 1. The lowest BCUT2D eigenvalue weighted by atomic mass is 9.92. The number of carbonyl (C=O) groups is 2. The molecule has 0 aliphatic carbocycles. The smallest absolute Gasteiger partial charge is 0.329 e. The van der Waals surface area contributed by atoms with Crippen molar-refractivity contribution in [2.75, 3.05) is 6.79 Å². The zero-order valence-corrected chi connectivity index (χ0v) is 11.4. The van der Waals surface area contributed by atoms with Crippen LogP contribution in [0.3, 0.4) is 0 Å². The summed E-state index contributed by atoms with van der Waals surface area (Å²) in [5.74, 6) is -0.394. The standard InChI is InChI=1S/C14H17NO5/c1-3-14(4-2,13(17)18)15-12(16)9-5-6-10-11(7-9)20-8-19-10/h5-7H,3-4,8H2,1-2H3,(H,15,16)(H,17,18). The Balaban J connectivity index is 2.21. The third-order valence-corrected chi connectivity index (χ3v) is 3.60. The number of carboxylic acids is 1. The molecule has 1 aromatic rings. The molecular weight excluding hydrogens is 262 g/mol. The molecule has 20 heavy (non-hydrogen) atoms. The Morgan fingerprint density at radius 2 is 1.90 bits per heavy atom. The molecule has 0 saturated carbocycles. The third-order valence-electron chi connectivity index (χ3n) is 3.60. The quantitative estimate of drug-likeness (QED) is 0.858. The minimum atomic E-state index is -1.24. The van der Waals surface area contributed by atoms with Crippen molar-refractivity contribution in [3.05, 3.63) is 23.8 Å². The fraction of sp³-hybridized carbons (Fsp3) is 0.429. The van der Waals surface area contributed by atoms with E-state index in [9.17, 15) is 14.7 Å². The van der Waals surface area contributed by atoms with E-state index in [1.54, 1.807) is 32.0 Å². The summed E-state index contributed by atoms with van der Waals surface area (Å²) in [6, 6.07) is 4.77. The summed E-state index contributed by atoms with van der Waals surface area (Å²) in [6.45, 7) is 3.60. The number of rotatable bonds is 5. The van der Waals surface area contributed by atoms with Crippen LogP contribution in [0.1, 0.15) is 37.0 Å². The van der Waals surface area contributed by atoms with Crippen LogP contribution in [-0.2, 0) is 4.79 Å². The Morgan fingerprint density at radius 3 is 2.50 bits per heavy atom. The van der Waals surface area contributed by atoms with Crippen molar-refractivity contribution in [3.8, 4) is 11.5 Å². The molecule has 1 amide bonds.